The van der Waals surface area contributed by atoms with E-state index < -0.39 is 8.32 Å². The van der Waals surface area contributed by atoms with E-state index in [0.29, 0.717) is 12.8 Å². The zero-order chi connectivity index (χ0) is 31.6. The van der Waals surface area contributed by atoms with Crippen LogP contribution in [0.2, 0.25) is 18.1 Å². The first kappa shape index (κ1) is 34.4. The van der Waals surface area contributed by atoms with Crippen LogP contribution in [0.15, 0.2) is 66.7 Å². The molecule has 0 fully saturated rings. The largest absolute Gasteiger partial charge is 0.496 e. The summed E-state index contributed by atoms with van der Waals surface area (Å²) in [7, 11) is 2.69. The van der Waals surface area contributed by atoms with Crippen LogP contribution in [0.3, 0.4) is 0 Å². The van der Waals surface area contributed by atoms with Crippen molar-refractivity contribution in [1.29, 1.82) is 0 Å². The van der Waals surface area contributed by atoms with Crippen molar-refractivity contribution in [3.05, 3.63) is 94.5 Å². The summed E-state index contributed by atoms with van der Waals surface area (Å²) in [5.41, 5.74) is 5.83. The van der Waals surface area contributed by atoms with Crippen molar-refractivity contribution in [3.8, 4) is 11.5 Å². The second-order valence-electron chi connectivity index (χ2n) is 13.1. The number of carbonyl (C=O) groups is 1. The summed E-state index contributed by atoms with van der Waals surface area (Å²) in [6.45, 7) is 13.6. The topological polar surface area (TPSA) is 54.0 Å². The van der Waals surface area contributed by atoms with Gasteiger partial charge in [0.05, 0.1) is 27.4 Å². The fourth-order valence-corrected chi connectivity index (χ4v) is 6.66. The molecule has 0 heterocycles. The number of rotatable bonds is 15. The number of methoxy groups -OCH3 is 3. The quantitative estimate of drug-likeness (QED) is 0.128. The molecule has 5 nitrogen and oxygen atoms in total. The Hall–Kier alpha value is -3.09. The van der Waals surface area contributed by atoms with E-state index in [0.717, 1.165) is 53.9 Å². The summed E-state index contributed by atoms with van der Waals surface area (Å²) >= 11 is 0. The van der Waals surface area contributed by atoms with Crippen molar-refractivity contribution < 1.29 is 23.4 Å². The number of hydrogen-bond acceptors (Lipinski definition) is 5. The molecular formula is C37H52O5Si. The van der Waals surface area contributed by atoms with Crippen molar-refractivity contribution in [1.82, 2.24) is 0 Å². The lowest BCUT2D eigenvalue weighted by Crippen LogP contribution is -2.43. The van der Waals surface area contributed by atoms with Crippen molar-refractivity contribution in [2.75, 3.05) is 21.3 Å². The van der Waals surface area contributed by atoms with Gasteiger partial charge < -0.3 is 18.6 Å². The molecule has 0 aliphatic heterocycles. The summed E-state index contributed by atoms with van der Waals surface area (Å²) in [5, 5.41) is 0.0481. The van der Waals surface area contributed by atoms with Gasteiger partial charge in [-0.15, -0.1) is 0 Å². The smallest absolute Gasteiger partial charge is 0.305 e. The summed E-state index contributed by atoms with van der Waals surface area (Å²) in [5.74, 6) is 1.65. The van der Waals surface area contributed by atoms with E-state index in [1.165, 1.54) is 18.2 Å². The molecule has 43 heavy (non-hydrogen) atoms. The molecule has 0 aliphatic carbocycles. The summed E-state index contributed by atoms with van der Waals surface area (Å²) in [6.07, 6.45) is 4.82. The highest BCUT2D eigenvalue weighted by atomic mass is 28.4. The van der Waals surface area contributed by atoms with Gasteiger partial charge in [0.25, 0.3) is 0 Å². The average molecular weight is 605 g/mol. The number of ether oxygens (including phenoxy) is 3. The fourth-order valence-electron chi connectivity index (χ4n) is 5.34. The van der Waals surface area contributed by atoms with E-state index >= 15 is 0 Å². The molecule has 3 aromatic rings. The third kappa shape index (κ3) is 9.70. The van der Waals surface area contributed by atoms with Crippen LogP contribution in [0, 0.1) is 12.8 Å². The number of benzene rings is 3. The number of esters is 1. The van der Waals surface area contributed by atoms with Gasteiger partial charge in [0.2, 0.25) is 0 Å². The van der Waals surface area contributed by atoms with Crippen LogP contribution < -0.4 is 9.47 Å². The van der Waals surface area contributed by atoms with E-state index in [-0.39, 0.29) is 23.0 Å². The minimum atomic E-state index is -2.18. The van der Waals surface area contributed by atoms with E-state index in [1.54, 1.807) is 14.2 Å². The zero-order valence-corrected chi connectivity index (χ0v) is 28.8. The first-order valence-corrected chi connectivity index (χ1v) is 18.4. The molecule has 0 amide bonds. The maximum atomic E-state index is 11.8. The van der Waals surface area contributed by atoms with Crippen LogP contribution in [0.25, 0.3) is 0 Å². The first-order chi connectivity index (χ1) is 20.4. The second-order valence-corrected chi connectivity index (χ2v) is 17.8. The van der Waals surface area contributed by atoms with Crippen LogP contribution in [0.4, 0.5) is 0 Å². The molecule has 0 saturated carbocycles. The molecule has 0 spiro atoms. The highest BCUT2D eigenvalue weighted by molar-refractivity contribution is 6.74. The van der Waals surface area contributed by atoms with Gasteiger partial charge in [0.15, 0.2) is 8.32 Å². The lowest BCUT2D eigenvalue weighted by molar-refractivity contribution is -0.140. The summed E-state index contributed by atoms with van der Waals surface area (Å²) < 4.78 is 23.9. The molecule has 3 rings (SSSR count). The fraction of sp³-hybridized carbons (Fsp3) is 0.486. The molecule has 1 unspecified atom stereocenters. The zero-order valence-electron chi connectivity index (χ0n) is 27.8. The number of aryl methyl sites for hydroxylation is 2. The minimum Gasteiger partial charge on any atom is -0.496 e. The van der Waals surface area contributed by atoms with E-state index in [9.17, 15) is 4.79 Å². The summed E-state index contributed by atoms with van der Waals surface area (Å²) in [4.78, 5) is 11.8. The van der Waals surface area contributed by atoms with Gasteiger partial charge in [-0.2, -0.15) is 0 Å². The Morgan fingerprint density at radius 3 is 2.00 bits per heavy atom. The van der Waals surface area contributed by atoms with E-state index in [4.69, 9.17) is 18.6 Å². The van der Waals surface area contributed by atoms with Gasteiger partial charge in [0, 0.05) is 12.0 Å². The molecule has 2 atom stereocenters. The van der Waals surface area contributed by atoms with Gasteiger partial charge in [-0.05, 0) is 97.5 Å². The Labute approximate surface area is 261 Å². The van der Waals surface area contributed by atoms with Gasteiger partial charge >= 0.3 is 5.97 Å². The molecule has 0 aromatic heterocycles. The van der Waals surface area contributed by atoms with E-state index in [1.807, 2.05) is 6.92 Å². The normalized spacial score (nSPS) is 13.3. The monoisotopic (exact) mass is 604 g/mol. The lowest BCUT2D eigenvalue weighted by atomic mass is 9.84. The third-order valence-electron chi connectivity index (χ3n) is 8.98. The van der Waals surface area contributed by atoms with Crippen molar-refractivity contribution in [2.24, 2.45) is 5.92 Å². The van der Waals surface area contributed by atoms with Crippen molar-refractivity contribution >= 4 is 14.3 Å². The van der Waals surface area contributed by atoms with Gasteiger partial charge in [0.1, 0.15) is 11.5 Å². The molecule has 0 N–H and O–H groups in total. The maximum Gasteiger partial charge on any atom is 0.305 e. The Morgan fingerprint density at radius 2 is 1.42 bits per heavy atom. The van der Waals surface area contributed by atoms with Crippen molar-refractivity contribution in [2.45, 2.75) is 90.5 Å². The molecule has 0 radical (unpaired) electrons. The van der Waals surface area contributed by atoms with Gasteiger partial charge in [-0.3, -0.25) is 4.79 Å². The van der Waals surface area contributed by atoms with Crippen LogP contribution >= 0.6 is 0 Å². The molecule has 0 bridgehead atoms. The SMILES string of the molecule is COC(=O)CCc1cccc(C[C@@H](CCCc2ccccc2)C(O[Si](C)(C)C(C)(C)C)c2cc(OC)c(C)c(OC)c2)c1. The first-order valence-electron chi connectivity index (χ1n) is 15.5. The third-order valence-corrected chi connectivity index (χ3v) is 13.4. The Kier molecular flexibility index (Phi) is 12.5. The van der Waals surface area contributed by atoms with Crippen LogP contribution in [0.1, 0.15) is 74.0 Å². The Morgan fingerprint density at radius 1 is 0.814 bits per heavy atom. The van der Waals surface area contributed by atoms with Gasteiger partial charge in [-0.25, -0.2) is 0 Å². The lowest BCUT2D eigenvalue weighted by Gasteiger charge is -2.42. The Balaban J connectivity index is 2.06. The molecule has 3 aromatic carbocycles. The van der Waals surface area contributed by atoms with Crippen molar-refractivity contribution in [3.63, 3.8) is 0 Å². The summed E-state index contributed by atoms with van der Waals surface area (Å²) in [6, 6.07) is 23.6. The standard InChI is InChI=1S/C37H52O5Si/c1-27-33(39-5)25-32(26-34(27)40-6)36(42-43(8,9)37(2,3)4)31(20-14-17-28-15-11-10-12-16-28)24-30-19-13-18-29(23-30)21-22-35(38)41-7/h10-13,15-16,18-19,23,25-26,31,36H,14,17,20-22,24H2,1-9H3/t31-,36?/m1/s1. The second kappa shape index (κ2) is 15.6. The molecule has 234 valence electrons. The predicted molar refractivity (Wildman–Crippen MR) is 179 cm³/mol. The Bertz CT molecular complexity index is 1290. The van der Waals surface area contributed by atoms with Gasteiger partial charge in [-0.1, -0.05) is 75.4 Å². The average Bonchev–Trinajstić information content (AvgIpc) is 2.98. The molecule has 0 aliphatic rings. The van der Waals surface area contributed by atoms with E-state index in [2.05, 4.69) is 101 Å². The van der Waals surface area contributed by atoms with Crippen LogP contribution in [-0.4, -0.2) is 35.6 Å². The van der Waals surface area contributed by atoms with Crippen LogP contribution in [0.5, 0.6) is 11.5 Å². The maximum absolute atomic E-state index is 11.8. The molecule has 6 heteroatoms. The molecule has 0 saturated heterocycles. The number of hydrogen-bond donors (Lipinski definition) is 0. The number of carbonyl (C=O) groups excluding carboxylic acids is 1. The van der Waals surface area contributed by atoms with Crippen LogP contribution in [-0.2, 0) is 33.2 Å². The predicted octanol–water partition coefficient (Wildman–Crippen LogP) is 9.06. The minimum absolute atomic E-state index is 0.0481. The highest BCUT2D eigenvalue weighted by Crippen LogP contribution is 2.45. The molecular weight excluding hydrogens is 552 g/mol. The highest BCUT2D eigenvalue weighted by Gasteiger charge is 2.41.